The highest BCUT2D eigenvalue weighted by atomic mass is 19.1. The third-order valence-electron chi connectivity index (χ3n) is 3.96. The van der Waals surface area contributed by atoms with Crippen molar-refractivity contribution in [3.05, 3.63) is 29.6 Å². The molecule has 0 aromatic heterocycles. The molecule has 0 saturated heterocycles. The summed E-state index contributed by atoms with van der Waals surface area (Å²) < 4.78 is 14.2. The van der Waals surface area contributed by atoms with Gasteiger partial charge in [0.05, 0.1) is 5.69 Å². The van der Waals surface area contributed by atoms with E-state index in [0.717, 1.165) is 51.1 Å². The standard InChI is InChI=1S/C17H30FN3/c1-4-20(5-2)12-7-13-21(6-3)17-9-8-15(10-11-19)14-16(17)18/h8-9,14H,4-7,10-13,19H2,1-3H3. The SMILES string of the molecule is CCN(CC)CCCN(CC)c1ccc(CCN)cc1F. The lowest BCUT2D eigenvalue weighted by molar-refractivity contribution is 0.300. The Kier molecular flexibility index (Phi) is 8.31. The molecule has 0 bridgehead atoms. The summed E-state index contributed by atoms with van der Waals surface area (Å²) in [4.78, 5) is 4.51. The normalized spacial score (nSPS) is 11.1. The van der Waals surface area contributed by atoms with Gasteiger partial charge in [-0.3, -0.25) is 0 Å². The number of nitrogens with zero attached hydrogens (tertiary/aromatic N) is 2. The maximum absolute atomic E-state index is 14.2. The molecular formula is C17H30FN3. The third-order valence-corrected chi connectivity index (χ3v) is 3.96. The van der Waals surface area contributed by atoms with Gasteiger partial charge in [0, 0.05) is 13.1 Å². The average molecular weight is 295 g/mol. The number of anilines is 1. The molecule has 0 unspecified atom stereocenters. The van der Waals surface area contributed by atoms with Crippen LogP contribution < -0.4 is 10.6 Å². The van der Waals surface area contributed by atoms with Crippen molar-refractivity contribution in [2.24, 2.45) is 5.73 Å². The van der Waals surface area contributed by atoms with Crippen LogP contribution in [0.2, 0.25) is 0 Å². The Morgan fingerprint density at radius 1 is 1.05 bits per heavy atom. The van der Waals surface area contributed by atoms with Crippen molar-refractivity contribution in [1.29, 1.82) is 0 Å². The zero-order chi connectivity index (χ0) is 15.7. The fourth-order valence-corrected chi connectivity index (χ4v) is 2.60. The highest BCUT2D eigenvalue weighted by molar-refractivity contribution is 5.49. The lowest BCUT2D eigenvalue weighted by atomic mass is 10.1. The van der Waals surface area contributed by atoms with Crippen molar-refractivity contribution < 1.29 is 4.39 Å². The largest absolute Gasteiger partial charge is 0.369 e. The van der Waals surface area contributed by atoms with Crippen LogP contribution in [-0.4, -0.2) is 44.2 Å². The van der Waals surface area contributed by atoms with Gasteiger partial charge in [0.2, 0.25) is 0 Å². The maximum Gasteiger partial charge on any atom is 0.146 e. The highest BCUT2D eigenvalue weighted by Crippen LogP contribution is 2.21. The lowest BCUT2D eigenvalue weighted by Gasteiger charge is -2.26. The second-order valence-electron chi connectivity index (χ2n) is 5.28. The van der Waals surface area contributed by atoms with Crippen LogP contribution >= 0.6 is 0 Å². The van der Waals surface area contributed by atoms with Crippen LogP contribution in [0.25, 0.3) is 0 Å². The van der Waals surface area contributed by atoms with Gasteiger partial charge >= 0.3 is 0 Å². The Morgan fingerprint density at radius 2 is 1.76 bits per heavy atom. The fraction of sp³-hybridized carbons (Fsp3) is 0.647. The minimum Gasteiger partial charge on any atom is -0.369 e. The summed E-state index contributed by atoms with van der Waals surface area (Å²) in [6.07, 6.45) is 1.78. The summed E-state index contributed by atoms with van der Waals surface area (Å²) in [7, 11) is 0. The molecule has 1 rings (SSSR count). The first-order chi connectivity index (χ1) is 10.2. The van der Waals surface area contributed by atoms with E-state index in [2.05, 4.69) is 30.6 Å². The average Bonchev–Trinajstić information content (AvgIpc) is 2.49. The molecule has 1 aromatic carbocycles. The Morgan fingerprint density at radius 3 is 2.29 bits per heavy atom. The van der Waals surface area contributed by atoms with Gasteiger partial charge < -0.3 is 15.5 Å². The van der Waals surface area contributed by atoms with Crippen molar-refractivity contribution >= 4 is 5.69 Å². The number of benzene rings is 1. The second-order valence-corrected chi connectivity index (χ2v) is 5.28. The molecule has 0 aliphatic carbocycles. The molecule has 2 N–H and O–H groups in total. The van der Waals surface area contributed by atoms with E-state index in [1.54, 1.807) is 6.07 Å². The van der Waals surface area contributed by atoms with Crippen molar-refractivity contribution in [1.82, 2.24) is 4.90 Å². The molecule has 120 valence electrons. The molecule has 0 radical (unpaired) electrons. The van der Waals surface area contributed by atoms with Crippen LogP contribution in [0.1, 0.15) is 32.8 Å². The van der Waals surface area contributed by atoms with Crippen molar-refractivity contribution in [3.63, 3.8) is 0 Å². The van der Waals surface area contributed by atoms with E-state index in [0.29, 0.717) is 12.2 Å². The number of rotatable bonds is 10. The van der Waals surface area contributed by atoms with E-state index in [4.69, 9.17) is 5.73 Å². The lowest BCUT2D eigenvalue weighted by Crippen LogP contribution is -2.30. The summed E-state index contributed by atoms with van der Waals surface area (Å²) >= 11 is 0. The number of hydrogen-bond acceptors (Lipinski definition) is 3. The minimum absolute atomic E-state index is 0.134. The van der Waals surface area contributed by atoms with Gasteiger partial charge in [-0.25, -0.2) is 4.39 Å². The molecule has 0 amide bonds. The Labute approximate surface area is 128 Å². The molecule has 3 nitrogen and oxygen atoms in total. The van der Waals surface area contributed by atoms with Crippen LogP contribution in [0.4, 0.5) is 10.1 Å². The second kappa shape index (κ2) is 9.74. The van der Waals surface area contributed by atoms with Gasteiger partial charge in [0.25, 0.3) is 0 Å². The van der Waals surface area contributed by atoms with Crippen molar-refractivity contribution in [2.45, 2.75) is 33.6 Å². The third kappa shape index (κ3) is 5.64. The van der Waals surface area contributed by atoms with Crippen LogP contribution in [0.5, 0.6) is 0 Å². The van der Waals surface area contributed by atoms with Crippen LogP contribution in [0.15, 0.2) is 18.2 Å². The zero-order valence-electron chi connectivity index (χ0n) is 13.7. The van der Waals surface area contributed by atoms with Gasteiger partial charge in [-0.05, 0) is 63.6 Å². The van der Waals surface area contributed by atoms with E-state index in [-0.39, 0.29) is 5.82 Å². The van der Waals surface area contributed by atoms with E-state index in [1.807, 2.05) is 12.1 Å². The quantitative estimate of drug-likeness (QED) is 0.720. The maximum atomic E-state index is 14.2. The molecule has 0 aliphatic heterocycles. The Bertz CT molecular complexity index is 405. The highest BCUT2D eigenvalue weighted by Gasteiger charge is 2.11. The number of nitrogens with two attached hydrogens (primary N) is 1. The van der Waals surface area contributed by atoms with E-state index < -0.39 is 0 Å². The fourth-order valence-electron chi connectivity index (χ4n) is 2.60. The first-order valence-electron chi connectivity index (χ1n) is 8.11. The molecule has 0 atom stereocenters. The minimum atomic E-state index is -0.134. The monoisotopic (exact) mass is 295 g/mol. The topological polar surface area (TPSA) is 32.5 Å². The number of halogens is 1. The van der Waals surface area contributed by atoms with Crippen LogP contribution in [0, 0.1) is 5.82 Å². The smallest absolute Gasteiger partial charge is 0.146 e. The molecular weight excluding hydrogens is 265 g/mol. The Hall–Kier alpha value is -1.13. The van der Waals surface area contributed by atoms with Gasteiger partial charge in [0.1, 0.15) is 5.82 Å². The summed E-state index contributed by atoms with van der Waals surface area (Å²) in [5.74, 6) is -0.134. The van der Waals surface area contributed by atoms with Crippen LogP contribution in [-0.2, 0) is 6.42 Å². The summed E-state index contributed by atoms with van der Waals surface area (Å²) in [5.41, 5.74) is 7.19. The van der Waals surface area contributed by atoms with Gasteiger partial charge in [-0.2, -0.15) is 0 Å². The summed E-state index contributed by atoms with van der Waals surface area (Å²) in [6.45, 7) is 11.9. The first kappa shape index (κ1) is 17.9. The summed E-state index contributed by atoms with van der Waals surface area (Å²) in [6, 6.07) is 5.49. The number of hydrogen-bond donors (Lipinski definition) is 1. The Balaban J connectivity index is 2.63. The predicted octanol–water partition coefficient (Wildman–Crippen LogP) is 2.89. The molecule has 0 saturated carbocycles. The molecule has 1 aromatic rings. The zero-order valence-corrected chi connectivity index (χ0v) is 13.7. The molecule has 0 fully saturated rings. The summed E-state index contributed by atoms with van der Waals surface area (Å²) in [5, 5.41) is 0. The van der Waals surface area contributed by atoms with E-state index >= 15 is 0 Å². The molecule has 4 heteroatoms. The van der Waals surface area contributed by atoms with Crippen molar-refractivity contribution in [3.8, 4) is 0 Å². The molecule has 0 aliphatic rings. The molecule has 21 heavy (non-hydrogen) atoms. The van der Waals surface area contributed by atoms with Gasteiger partial charge in [-0.15, -0.1) is 0 Å². The van der Waals surface area contributed by atoms with E-state index in [9.17, 15) is 4.39 Å². The predicted molar refractivity (Wildman–Crippen MR) is 89.5 cm³/mol. The van der Waals surface area contributed by atoms with Gasteiger partial charge in [0.15, 0.2) is 0 Å². The van der Waals surface area contributed by atoms with Gasteiger partial charge in [-0.1, -0.05) is 19.9 Å². The van der Waals surface area contributed by atoms with Crippen LogP contribution in [0.3, 0.4) is 0 Å². The van der Waals surface area contributed by atoms with E-state index in [1.165, 1.54) is 0 Å². The van der Waals surface area contributed by atoms with Crippen molar-refractivity contribution in [2.75, 3.05) is 44.2 Å². The first-order valence-corrected chi connectivity index (χ1v) is 8.11. The molecule has 0 spiro atoms. The molecule has 0 heterocycles.